The largest absolute Gasteiger partial charge is 0.383 e. The maximum Gasteiger partial charge on any atom is 0.206 e. The number of thiophene rings is 1. The molecular formula is C17H14ClN5OS3. The van der Waals surface area contributed by atoms with Crippen molar-refractivity contribution < 1.29 is 4.74 Å². The maximum atomic E-state index is 5.99. The summed E-state index contributed by atoms with van der Waals surface area (Å²) in [5.41, 5.74) is 2.03. The molecule has 0 unspecified atom stereocenters. The zero-order valence-electron chi connectivity index (χ0n) is 14.2. The molecule has 138 valence electrons. The molecule has 0 amide bonds. The highest BCUT2D eigenvalue weighted by Crippen LogP contribution is 2.40. The van der Waals surface area contributed by atoms with Gasteiger partial charge in [0.15, 0.2) is 4.34 Å². The van der Waals surface area contributed by atoms with E-state index in [1.807, 2.05) is 24.3 Å². The van der Waals surface area contributed by atoms with E-state index in [9.17, 15) is 0 Å². The summed E-state index contributed by atoms with van der Waals surface area (Å²) < 4.78 is 6.89. The van der Waals surface area contributed by atoms with Crippen molar-refractivity contribution in [2.45, 2.75) is 9.37 Å². The van der Waals surface area contributed by atoms with Crippen LogP contribution in [-0.2, 0) is 4.74 Å². The summed E-state index contributed by atoms with van der Waals surface area (Å²) in [4.78, 5) is 9.98. The van der Waals surface area contributed by atoms with Gasteiger partial charge in [0.2, 0.25) is 5.13 Å². The van der Waals surface area contributed by atoms with Crippen LogP contribution < -0.4 is 5.32 Å². The third kappa shape index (κ3) is 4.39. The van der Waals surface area contributed by atoms with Gasteiger partial charge in [-0.25, -0.2) is 9.97 Å². The zero-order chi connectivity index (χ0) is 18.6. The van der Waals surface area contributed by atoms with Crippen LogP contribution in [0, 0.1) is 0 Å². The van der Waals surface area contributed by atoms with Crippen LogP contribution in [0.1, 0.15) is 0 Å². The van der Waals surface area contributed by atoms with E-state index < -0.39 is 0 Å². The fourth-order valence-corrected chi connectivity index (χ4v) is 5.39. The normalized spacial score (nSPS) is 11.2. The number of nitrogens with zero attached hydrogens (tertiary/aromatic N) is 4. The highest BCUT2D eigenvalue weighted by atomic mass is 35.5. The van der Waals surface area contributed by atoms with Gasteiger partial charge in [0.25, 0.3) is 0 Å². The maximum absolute atomic E-state index is 5.99. The molecule has 0 saturated heterocycles. The minimum absolute atomic E-state index is 0.622. The average molecular weight is 436 g/mol. The molecule has 0 fully saturated rings. The number of ether oxygens (including phenoxy) is 1. The Bertz CT molecular complexity index is 1050. The van der Waals surface area contributed by atoms with E-state index in [0.29, 0.717) is 13.2 Å². The van der Waals surface area contributed by atoms with Gasteiger partial charge in [-0.3, -0.25) is 0 Å². The van der Waals surface area contributed by atoms with Crippen molar-refractivity contribution in [1.29, 1.82) is 0 Å². The van der Waals surface area contributed by atoms with Crippen molar-refractivity contribution in [2.24, 2.45) is 0 Å². The predicted octanol–water partition coefficient (Wildman–Crippen LogP) is 5.07. The van der Waals surface area contributed by atoms with E-state index in [-0.39, 0.29) is 0 Å². The number of aromatic nitrogens is 4. The van der Waals surface area contributed by atoms with Gasteiger partial charge < -0.3 is 10.1 Å². The SMILES string of the molecule is COCCNc1nnc(Sc2ncnc3cc(-c4ccc(Cl)cc4)sc23)s1. The van der Waals surface area contributed by atoms with Crippen LogP contribution in [0.15, 0.2) is 46.0 Å². The van der Waals surface area contributed by atoms with Gasteiger partial charge in [-0.1, -0.05) is 35.1 Å². The molecule has 3 heterocycles. The van der Waals surface area contributed by atoms with Gasteiger partial charge in [-0.05, 0) is 35.5 Å². The molecule has 0 bridgehead atoms. The zero-order valence-corrected chi connectivity index (χ0v) is 17.4. The first kappa shape index (κ1) is 18.6. The Labute approximate surface area is 173 Å². The first-order chi connectivity index (χ1) is 13.2. The summed E-state index contributed by atoms with van der Waals surface area (Å²) in [6.07, 6.45) is 1.59. The third-order valence-corrected chi connectivity index (χ3v) is 7.08. The van der Waals surface area contributed by atoms with E-state index in [4.69, 9.17) is 16.3 Å². The Hall–Kier alpha value is -1.78. The number of hydrogen-bond donors (Lipinski definition) is 1. The molecule has 0 aliphatic heterocycles. The van der Waals surface area contributed by atoms with Crippen LogP contribution in [0.5, 0.6) is 0 Å². The lowest BCUT2D eigenvalue weighted by atomic mass is 10.2. The number of fused-ring (bicyclic) bond motifs is 1. The van der Waals surface area contributed by atoms with Crippen LogP contribution in [0.3, 0.4) is 0 Å². The molecule has 27 heavy (non-hydrogen) atoms. The van der Waals surface area contributed by atoms with E-state index in [1.165, 1.54) is 23.1 Å². The van der Waals surface area contributed by atoms with Crippen molar-refractivity contribution in [3.05, 3.63) is 41.7 Å². The molecule has 6 nitrogen and oxygen atoms in total. The summed E-state index contributed by atoms with van der Waals surface area (Å²) in [7, 11) is 1.67. The minimum atomic E-state index is 0.622. The van der Waals surface area contributed by atoms with Gasteiger partial charge in [-0.2, -0.15) is 0 Å². The molecule has 0 radical (unpaired) electrons. The highest BCUT2D eigenvalue weighted by Gasteiger charge is 2.14. The number of rotatable bonds is 7. The molecule has 0 aliphatic carbocycles. The second-order valence-corrected chi connectivity index (χ2v) is 9.11. The highest BCUT2D eigenvalue weighted by molar-refractivity contribution is 8.01. The Balaban J connectivity index is 1.58. The molecule has 4 rings (SSSR count). The number of halogens is 1. The minimum Gasteiger partial charge on any atom is -0.383 e. The molecule has 0 saturated carbocycles. The van der Waals surface area contributed by atoms with Crippen molar-refractivity contribution >= 4 is 61.4 Å². The lowest BCUT2D eigenvalue weighted by Gasteiger charge is -1.99. The van der Waals surface area contributed by atoms with Crippen molar-refractivity contribution in [1.82, 2.24) is 20.2 Å². The quantitative estimate of drug-likeness (QED) is 0.320. The number of methoxy groups -OCH3 is 1. The summed E-state index contributed by atoms with van der Waals surface area (Å²) in [6, 6.07) is 9.88. The van der Waals surface area contributed by atoms with E-state index in [2.05, 4.69) is 31.5 Å². The number of anilines is 1. The first-order valence-corrected chi connectivity index (χ1v) is 10.8. The van der Waals surface area contributed by atoms with Gasteiger partial charge in [0.05, 0.1) is 16.8 Å². The molecule has 3 aromatic heterocycles. The van der Waals surface area contributed by atoms with Gasteiger partial charge in [0, 0.05) is 23.6 Å². The summed E-state index contributed by atoms with van der Waals surface area (Å²) in [6.45, 7) is 1.32. The van der Waals surface area contributed by atoms with Crippen molar-refractivity contribution in [2.75, 3.05) is 25.6 Å². The third-order valence-electron chi connectivity index (χ3n) is 3.58. The van der Waals surface area contributed by atoms with Crippen LogP contribution >= 0.6 is 46.0 Å². The van der Waals surface area contributed by atoms with Crippen molar-refractivity contribution in [3.63, 3.8) is 0 Å². The average Bonchev–Trinajstić information content (AvgIpc) is 3.30. The number of nitrogens with one attached hydrogen (secondary N) is 1. The summed E-state index contributed by atoms with van der Waals surface area (Å²) in [5, 5.41) is 13.9. The fraction of sp³-hybridized carbons (Fsp3) is 0.176. The molecule has 10 heteroatoms. The van der Waals surface area contributed by atoms with E-state index in [0.717, 1.165) is 40.2 Å². The van der Waals surface area contributed by atoms with Crippen molar-refractivity contribution in [3.8, 4) is 10.4 Å². The van der Waals surface area contributed by atoms with Crippen LogP contribution in [-0.4, -0.2) is 40.4 Å². The topological polar surface area (TPSA) is 72.8 Å². The Morgan fingerprint density at radius 1 is 1.15 bits per heavy atom. The molecule has 1 aromatic carbocycles. The number of hydrogen-bond acceptors (Lipinski definition) is 9. The second-order valence-electron chi connectivity index (χ2n) is 5.41. The molecule has 1 N–H and O–H groups in total. The molecule has 4 aromatic rings. The van der Waals surface area contributed by atoms with Crippen LogP contribution in [0.2, 0.25) is 5.02 Å². The Morgan fingerprint density at radius 2 is 2.00 bits per heavy atom. The molecule has 0 spiro atoms. The van der Waals surface area contributed by atoms with E-state index >= 15 is 0 Å². The van der Waals surface area contributed by atoms with Gasteiger partial charge in [0.1, 0.15) is 11.4 Å². The Kier molecular flexibility index (Phi) is 5.84. The van der Waals surface area contributed by atoms with Gasteiger partial charge >= 0.3 is 0 Å². The predicted molar refractivity (Wildman–Crippen MR) is 112 cm³/mol. The number of benzene rings is 1. The van der Waals surface area contributed by atoms with Crippen LogP contribution in [0.4, 0.5) is 5.13 Å². The molecule has 0 aliphatic rings. The lowest BCUT2D eigenvalue weighted by molar-refractivity contribution is 0.211. The second kappa shape index (κ2) is 8.49. The molecular weight excluding hydrogens is 422 g/mol. The monoisotopic (exact) mass is 435 g/mol. The van der Waals surface area contributed by atoms with E-state index in [1.54, 1.807) is 24.8 Å². The summed E-state index contributed by atoms with van der Waals surface area (Å²) >= 11 is 10.6. The van der Waals surface area contributed by atoms with Gasteiger partial charge in [-0.15, -0.1) is 21.5 Å². The lowest BCUT2D eigenvalue weighted by Crippen LogP contribution is -2.06. The Morgan fingerprint density at radius 3 is 2.81 bits per heavy atom. The smallest absolute Gasteiger partial charge is 0.206 e. The molecule has 0 atom stereocenters. The fourth-order valence-electron chi connectivity index (χ4n) is 2.33. The first-order valence-electron chi connectivity index (χ1n) is 7.97. The van der Waals surface area contributed by atoms with Crippen LogP contribution in [0.25, 0.3) is 20.7 Å². The standard InChI is InChI=1S/C17H14ClN5OS3/c1-24-7-6-19-16-22-23-17(27-16)26-15-14-12(20-9-21-15)8-13(25-14)10-2-4-11(18)5-3-10/h2-5,8-9H,6-7H2,1H3,(H,19,22). The summed E-state index contributed by atoms with van der Waals surface area (Å²) in [5.74, 6) is 0.